The minimum absolute atomic E-state index is 0. The van der Waals surface area contributed by atoms with Gasteiger partial charge in [-0.15, -0.1) is 12.4 Å². The van der Waals surface area contributed by atoms with Crippen molar-refractivity contribution in [3.63, 3.8) is 0 Å². The van der Waals surface area contributed by atoms with Gasteiger partial charge in [-0.2, -0.15) is 0 Å². The first-order chi connectivity index (χ1) is 4.13. The summed E-state index contributed by atoms with van der Waals surface area (Å²) in [5.41, 5.74) is 0. The molecule has 10 heavy (non-hydrogen) atoms. The molecule has 1 nitrogen and oxygen atoms in total. The van der Waals surface area contributed by atoms with Crippen LogP contribution in [0, 0.1) is 5.92 Å². The third-order valence-electron chi connectivity index (χ3n) is 1.84. The first kappa shape index (κ1) is 10.1. The van der Waals surface area contributed by atoms with Gasteiger partial charge in [0.25, 0.3) is 5.92 Å². The van der Waals surface area contributed by atoms with Crippen LogP contribution in [-0.2, 0) is 0 Å². The van der Waals surface area contributed by atoms with E-state index in [9.17, 15) is 8.78 Å². The van der Waals surface area contributed by atoms with Gasteiger partial charge >= 0.3 is 0 Å². The fraction of sp³-hybridized carbons (Fsp3) is 1.00. The predicted molar refractivity (Wildman–Crippen MR) is 38.8 cm³/mol. The Morgan fingerprint density at radius 1 is 1.50 bits per heavy atom. The lowest BCUT2D eigenvalue weighted by Crippen LogP contribution is -2.44. The van der Waals surface area contributed by atoms with Crippen molar-refractivity contribution in [1.29, 1.82) is 0 Å². The summed E-state index contributed by atoms with van der Waals surface area (Å²) in [5.74, 6) is -2.92. The van der Waals surface area contributed by atoms with Crippen molar-refractivity contribution in [1.82, 2.24) is 5.32 Å². The molecule has 1 saturated heterocycles. The lowest BCUT2D eigenvalue weighted by molar-refractivity contribution is -0.0658. The van der Waals surface area contributed by atoms with Crippen molar-refractivity contribution in [2.45, 2.75) is 19.3 Å². The molecule has 0 spiro atoms. The highest BCUT2D eigenvalue weighted by molar-refractivity contribution is 5.85. The molecule has 1 N–H and O–H groups in total. The van der Waals surface area contributed by atoms with Crippen molar-refractivity contribution >= 4 is 12.4 Å². The lowest BCUT2D eigenvalue weighted by atomic mass is 9.97. The fourth-order valence-electron chi connectivity index (χ4n) is 0.959. The maximum atomic E-state index is 12.5. The van der Waals surface area contributed by atoms with Crippen LogP contribution in [0.1, 0.15) is 13.3 Å². The van der Waals surface area contributed by atoms with E-state index in [1.165, 1.54) is 0 Å². The van der Waals surface area contributed by atoms with Gasteiger partial charge in [-0.25, -0.2) is 8.78 Å². The van der Waals surface area contributed by atoms with E-state index in [1.54, 1.807) is 6.92 Å². The van der Waals surface area contributed by atoms with Crippen LogP contribution in [0.25, 0.3) is 0 Å². The topological polar surface area (TPSA) is 12.0 Å². The zero-order chi connectivity index (χ0) is 6.91. The third-order valence-corrected chi connectivity index (χ3v) is 1.84. The summed E-state index contributed by atoms with van der Waals surface area (Å²) in [4.78, 5) is 0. The highest BCUT2D eigenvalue weighted by Gasteiger charge is 2.37. The quantitative estimate of drug-likeness (QED) is 0.585. The van der Waals surface area contributed by atoms with Crippen molar-refractivity contribution in [3.8, 4) is 0 Å². The number of rotatable bonds is 0. The molecule has 1 fully saturated rings. The molecule has 1 heterocycles. The van der Waals surface area contributed by atoms with Crippen molar-refractivity contribution < 1.29 is 8.78 Å². The Hall–Kier alpha value is 0.110. The molecule has 0 aromatic heterocycles. The summed E-state index contributed by atoms with van der Waals surface area (Å²) < 4.78 is 25.1. The molecule has 1 aliphatic rings. The molecule has 1 unspecified atom stereocenters. The van der Waals surface area contributed by atoms with Crippen LogP contribution >= 0.6 is 12.4 Å². The van der Waals surface area contributed by atoms with Gasteiger partial charge in [0, 0.05) is 5.92 Å². The van der Waals surface area contributed by atoms with Crippen molar-refractivity contribution in [2.24, 2.45) is 5.92 Å². The Balaban J connectivity index is 0.000000810. The molecule has 0 saturated carbocycles. The highest BCUT2D eigenvalue weighted by atomic mass is 35.5. The molecule has 4 heteroatoms. The molecule has 1 atom stereocenters. The standard InChI is InChI=1S/C6H11F2N.ClH/c1-5-2-3-9-4-6(5,7)8;/h5,9H,2-4H2,1H3;1H. The first-order valence-corrected chi connectivity index (χ1v) is 3.21. The molecule has 1 rings (SSSR count). The monoisotopic (exact) mass is 171 g/mol. The van der Waals surface area contributed by atoms with Crippen LogP contribution in [0.5, 0.6) is 0 Å². The van der Waals surface area contributed by atoms with Gasteiger partial charge in [-0.3, -0.25) is 0 Å². The normalized spacial score (nSPS) is 30.9. The summed E-state index contributed by atoms with van der Waals surface area (Å²) in [6, 6.07) is 0. The minimum atomic E-state index is -2.47. The van der Waals surface area contributed by atoms with E-state index >= 15 is 0 Å². The molecule has 62 valence electrons. The predicted octanol–water partition coefficient (Wildman–Crippen LogP) is 1.67. The summed E-state index contributed by atoms with van der Waals surface area (Å²) >= 11 is 0. The molecular formula is C6H12ClF2N. The smallest absolute Gasteiger partial charge is 0.262 e. The van der Waals surface area contributed by atoms with Gasteiger partial charge in [0.15, 0.2) is 0 Å². The van der Waals surface area contributed by atoms with Crippen LogP contribution in [0.3, 0.4) is 0 Å². The van der Waals surface area contributed by atoms with E-state index in [0.29, 0.717) is 6.42 Å². The SMILES string of the molecule is CC1CCNCC1(F)F.Cl. The Labute approximate surface area is 65.6 Å². The Morgan fingerprint density at radius 2 is 2.10 bits per heavy atom. The number of piperidine rings is 1. The van der Waals surface area contributed by atoms with E-state index in [0.717, 1.165) is 6.54 Å². The second-order valence-electron chi connectivity index (χ2n) is 2.63. The van der Waals surface area contributed by atoms with Gasteiger partial charge in [0.2, 0.25) is 0 Å². The van der Waals surface area contributed by atoms with Crippen LogP contribution in [-0.4, -0.2) is 19.0 Å². The van der Waals surface area contributed by atoms with Crippen LogP contribution in [0.4, 0.5) is 8.78 Å². The average molecular weight is 172 g/mol. The van der Waals surface area contributed by atoms with Gasteiger partial charge in [0.1, 0.15) is 0 Å². The summed E-state index contributed by atoms with van der Waals surface area (Å²) in [5, 5.41) is 2.66. The Morgan fingerprint density at radius 3 is 2.40 bits per heavy atom. The molecule has 1 aliphatic heterocycles. The zero-order valence-corrected chi connectivity index (χ0v) is 6.68. The third kappa shape index (κ3) is 2.06. The maximum absolute atomic E-state index is 12.5. The van der Waals surface area contributed by atoms with Crippen molar-refractivity contribution in [2.75, 3.05) is 13.1 Å². The Kier molecular flexibility index (Phi) is 3.52. The van der Waals surface area contributed by atoms with Gasteiger partial charge in [-0.05, 0) is 13.0 Å². The van der Waals surface area contributed by atoms with E-state index in [1.807, 2.05) is 0 Å². The van der Waals surface area contributed by atoms with E-state index in [4.69, 9.17) is 0 Å². The van der Waals surface area contributed by atoms with E-state index in [-0.39, 0.29) is 19.0 Å². The van der Waals surface area contributed by atoms with Gasteiger partial charge in [0.05, 0.1) is 6.54 Å². The number of halogens is 3. The molecule has 0 radical (unpaired) electrons. The molecular weight excluding hydrogens is 160 g/mol. The second-order valence-corrected chi connectivity index (χ2v) is 2.63. The van der Waals surface area contributed by atoms with Gasteiger partial charge < -0.3 is 5.32 Å². The highest BCUT2D eigenvalue weighted by Crippen LogP contribution is 2.28. The van der Waals surface area contributed by atoms with Gasteiger partial charge in [-0.1, -0.05) is 6.92 Å². The molecule has 0 amide bonds. The van der Waals surface area contributed by atoms with Crippen LogP contribution < -0.4 is 5.32 Å². The second kappa shape index (κ2) is 3.49. The minimum Gasteiger partial charge on any atom is -0.311 e. The molecule has 0 aromatic carbocycles. The van der Waals surface area contributed by atoms with E-state index in [2.05, 4.69) is 5.32 Å². The molecule has 0 bridgehead atoms. The number of nitrogens with one attached hydrogen (secondary N) is 1. The largest absolute Gasteiger partial charge is 0.311 e. The fourth-order valence-corrected chi connectivity index (χ4v) is 0.959. The van der Waals surface area contributed by atoms with E-state index < -0.39 is 11.8 Å². The molecule has 0 aromatic rings. The number of hydrogen-bond acceptors (Lipinski definition) is 1. The Bertz CT molecular complexity index is 108. The summed E-state index contributed by atoms with van der Waals surface area (Å²) in [6.07, 6.45) is 0.590. The number of hydrogen-bond donors (Lipinski definition) is 1. The average Bonchev–Trinajstić information content (AvgIpc) is 1.77. The zero-order valence-electron chi connectivity index (χ0n) is 5.86. The summed E-state index contributed by atoms with van der Waals surface area (Å²) in [7, 11) is 0. The lowest BCUT2D eigenvalue weighted by Gasteiger charge is -2.28. The number of alkyl halides is 2. The first-order valence-electron chi connectivity index (χ1n) is 3.21. The maximum Gasteiger partial charge on any atom is 0.262 e. The van der Waals surface area contributed by atoms with Crippen LogP contribution in [0.15, 0.2) is 0 Å². The summed E-state index contributed by atoms with van der Waals surface area (Å²) in [6.45, 7) is 2.19. The van der Waals surface area contributed by atoms with Crippen molar-refractivity contribution in [3.05, 3.63) is 0 Å². The molecule has 0 aliphatic carbocycles. The van der Waals surface area contributed by atoms with Crippen LogP contribution in [0.2, 0.25) is 0 Å².